The molecule has 46 valence electrons. The summed E-state index contributed by atoms with van der Waals surface area (Å²) in [6, 6.07) is 0. The van der Waals surface area contributed by atoms with Gasteiger partial charge in [-0.2, -0.15) is 0 Å². The van der Waals surface area contributed by atoms with Gasteiger partial charge in [0.25, 0.3) is 5.82 Å². The van der Waals surface area contributed by atoms with Crippen LogP contribution in [0.2, 0.25) is 0 Å². The highest BCUT2D eigenvalue weighted by Crippen LogP contribution is 2.24. The molecule has 0 bridgehead atoms. The minimum atomic E-state index is -0.315. The first-order valence-corrected chi connectivity index (χ1v) is 1.99. The summed E-state index contributed by atoms with van der Waals surface area (Å²) >= 11 is 0. The van der Waals surface area contributed by atoms with Crippen molar-refractivity contribution < 1.29 is 4.52 Å². The summed E-state index contributed by atoms with van der Waals surface area (Å²) in [7, 11) is 0. The third kappa shape index (κ3) is 0.809. The van der Waals surface area contributed by atoms with Crippen LogP contribution < -0.4 is 0 Å². The first kappa shape index (κ1) is 5.54. The van der Waals surface area contributed by atoms with Crippen LogP contribution in [0, 0.1) is 9.81 Å². The molecule has 0 atom stereocenters. The number of nitroso groups, excluding NO2 is 2. The largest absolute Gasteiger partial charge is 0.360 e. The summed E-state index contributed by atoms with van der Waals surface area (Å²) in [6.45, 7) is 0. The molecule has 0 unspecified atom stereocenters. The lowest BCUT2D eigenvalue weighted by atomic mass is 10.6. The van der Waals surface area contributed by atoms with E-state index in [9.17, 15) is 9.81 Å². The molecular weight excluding hydrogens is 126 g/mol. The van der Waals surface area contributed by atoms with E-state index in [4.69, 9.17) is 0 Å². The van der Waals surface area contributed by atoms with Gasteiger partial charge in [-0.3, -0.25) is 0 Å². The lowest BCUT2D eigenvalue weighted by Gasteiger charge is -1.70. The van der Waals surface area contributed by atoms with Crippen LogP contribution in [-0.4, -0.2) is 5.16 Å². The van der Waals surface area contributed by atoms with Crippen molar-refractivity contribution in [2.24, 2.45) is 10.4 Å². The summed E-state index contributed by atoms with van der Waals surface area (Å²) < 4.78 is 4.19. The summed E-state index contributed by atoms with van der Waals surface area (Å²) in [6.07, 6.45) is 0.948. The molecule has 0 fully saturated rings. The zero-order chi connectivity index (χ0) is 6.69. The molecule has 6 heteroatoms. The van der Waals surface area contributed by atoms with Crippen molar-refractivity contribution in [2.75, 3.05) is 0 Å². The van der Waals surface area contributed by atoms with Gasteiger partial charge in [0.1, 0.15) is 0 Å². The first-order chi connectivity index (χ1) is 4.38. The zero-order valence-corrected chi connectivity index (χ0v) is 4.14. The summed E-state index contributed by atoms with van der Waals surface area (Å²) in [4.78, 5) is 19.4. The van der Waals surface area contributed by atoms with Crippen molar-refractivity contribution >= 4 is 11.5 Å². The molecule has 0 radical (unpaired) electrons. The highest BCUT2D eigenvalue weighted by atomic mass is 16.5. The van der Waals surface area contributed by atoms with E-state index in [1.807, 2.05) is 0 Å². The molecule has 1 rings (SSSR count). The van der Waals surface area contributed by atoms with Crippen LogP contribution in [0.25, 0.3) is 0 Å². The van der Waals surface area contributed by atoms with Crippen LogP contribution >= 0.6 is 0 Å². The number of hydrogen-bond donors (Lipinski definition) is 0. The summed E-state index contributed by atoms with van der Waals surface area (Å²) in [5.41, 5.74) is -0.176. The standard InChI is InChI=1S/C3HN3O3/c7-4-2-1-9-6-3(2)5-8/h1H. The molecule has 1 aromatic rings. The zero-order valence-electron chi connectivity index (χ0n) is 4.14. The van der Waals surface area contributed by atoms with E-state index in [0.717, 1.165) is 6.26 Å². The highest BCUT2D eigenvalue weighted by molar-refractivity contribution is 5.52. The average Bonchev–Trinajstić information content (AvgIpc) is 2.33. The van der Waals surface area contributed by atoms with E-state index in [2.05, 4.69) is 20.0 Å². The van der Waals surface area contributed by atoms with Gasteiger partial charge in [0.05, 0.1) is 0 Å². The van der Waals surface area contributed by atoms with E-state index in [-0.39, 0.29) is 11.5 Å². The van der Waals surface area contributed by atoms with Gasteiger partial charge in [-0.1, -0.05) is 5.16 Å². The second-order valence-corrected chi connectivity index (χ2v) is 1.21. The third-order valence-corrected chi connectivity index (χ3v) is 0.717. The molecule has 0 amide bonds. The van der Waals surface area contributed by atoms with Crippen LogP contribution in [-0.2, 0) is 0 Å². The Kier molecular flexibility index (Phi) is 1.31. The Hall–Kier alpha value is -1.59. The maximum Gasteiger partial charge on any atom is 0.267 e. The lowest BCUT2D eigenvalue weighted by molar-refractivity contribution is 0.422. The van der Waals surface area contributed by atoms with Crippen LogP contribution in [0.3, 0.4) is 0 Å². The van der Waals surface area contributed by atoms with E-state index in [0.29, 0.717) is 0 Å². The van der Waals surface area contributed by atoms with Crippen molar-refractivity contribution in [1.82, 2.24) is 5.16 Å². The fourth-order valence-electron chi connectivity index (χ4n) is 0.351. The monoisotopic (exact) mass is 127 g/mol. The molecule has 0 saturated carbocycles. The van der Waals surface area contributed by atoms with Crippen molar-refractivity contribution in [1.29, 1.82) is 0 Å². The van der Waals surface area contributed by atoms with Gasteiger partial charge < -0.3 is 4.52 Å². The van der Waals surface area contributed by atoms with Gasteiger partial charge in [0.2, 0.25) is 0 Å². The second-order valence-electron chi connectivity index (χ2n) is 1.21. The van der Waals surface area contributed by atoms with Gasteiger partial charge in [0.15, 0.2) is 12.0 Å². The molecule has 0 aliphatic carbocycles. The minimum Gasteiger partial charge on any atom is -0.360 e. The van der Waals surface area contributed by atoms with E-state index >= 15 is 0 Å². The van der Waals surface area contributed by atoms with Gasteiger partial charge in [-0.15, -0.1) is 9.81 Å². The predicted molar refractivity (Wildman–Crippen MR) is 27.4 cm³/mol. The van der Waals surface area contributed by atoms with Crippen LogP contribution in [0.4, 0.5) is 11.5 Å². The van der Waals surface area contributed by atoms with Crippen LogP contribution in [0.1, 0.15) is 0 Å². The molecule has 1 heterocycles. The SMILES string of the molecule is O=Nc1conc1N=O. The smallest absolute Gasteiger partial charge is 0.267 e. The quantitative estimate of drug-likeness (QED) is 0.563. The van der Waals surface area contributed by atoms with Gasteiger partial charge in [-0.25, -0.2) is 0 Å². The van der Waals surface area contributed by atoms with Crippen LogP contribution in [0.15, 0.2) is 21.1 Å². The van der Waals surface area contributed by atoms with Crippen LogP contribution in [0.5, 0.6) is 0 Å². The molecule has 6 nitrogen and oxygen atoms in total. The topological polar surface area (TPSA) is 84.9 Å². The Morgan fingerprint density at radius 1 is 1.44 bits per heavy atom. The predicted octanol–water partition coefficient (Wildman–Crippen LogP) is 1.47. The Labute approximate surface area is 48.8 Å². The van der Waals surface area contributed by atoms with Gasteiger partial charge >= 0.3 is 0 Å². The average molecular weight is 127 g/mol. The Bertz CT molecular complexity index is 207. The molecule has 0 spiro atoms. The Morgan fingerprint density at radius 3 is 2.67 bits per heavy atom. The lowest BCUT2D eigenvalue weighted by Crippen LogP contribution is -1.56. The molecule has 0 N–H and O–H groups in total. The van der Waals surface area contributed by atoms with E-state index in [1.54, 1.807) is 0 Å². The van der Waals surface area contributed by atoms with Gasteiger partial charge in [-0.05, 0) is 10.4 Å². The number of nitrogens with zero attached hydrogens (tertiary/aromatic N) is 3. The van der Waals surface area contributed by atoms with Crippen molar-refractivity contribution in [3.8, 4) is 0 Å². The second kappa shape index (κ2) is 2.12. The highest BCUT2D eigenvalue weighted by Gasteiger charge is 2.06. The Balaban J connectivity index is 3.12. The maximum atomic E-state index is 9.70. The van der Waals surface area contributed by atoms with Crippen molar-refractivity contribution in [3.05, 3.63) is 16.1 Å². The fraction of sp³-hybridized carbons (Fsp3) is 0. The summed E-state index contributed by atoms with van der Waals surface area (Å²) in [5.74, 6) is -0.315. The number of hydrogen-bond acceptors (Lipinski definition) is 6. The third-order valence-electron chi connectivity index (χ3n) is 0.717. The molecule has 0 aliphatic heterocycles. The molecule has 1 aromatic heterocycles. The Morgan fingerprint density at radius 2 is 2.22 bits per heavy atom. The van der Waals surface area contributed by atoms with E-state index in [1.165, 1.54) is 0 Å². The van der Waals surface area contributed by atoms with E-state index < -0.39 is 0 Å². The number of aromatic nitrogens is 1. The fourth-order valence-corrected chi connectivity index (χ4v) is 0.351. The van der Waals surface area contributed by atoms with Crippen molar-refractivity contribution in [3.63, 3.8) is 0 Å². The van der Waals surface area contributed by atoms with Gasteiger partial charge in [0, 0.05) is 0 Å². The normalized spacial score (nSPS) is 8.89. The molecule has 9 heavy (non-hydrogen) atoms. The minimum absolute atomic E-state index is 0.176. The number of rotatable bonds is 2. The summed E-state index contributed by atoms with van der Waals surface area (Å²) in [5, 5.41) is 7.81. The molecule has 0 saturated heterocycles. The molecular formula is C3HN3O3. The maximum absolute atomic E-state index is 9.70. The first-order valence-electron chi connectivity index (χ1n) is 1.99. The molecule has 0 aliphatic rings. The van der Waals surface area contributed by atoms with Crippen molar-refractivity contribution in [2.45, 2.75) is 0 Å². The molecule has 0 aromatic carbocycles.